The van der Waals surface area contributed by atoms with Crippen molar-refractivity contribution in [2.24, 2.45) is 0 Å². The fourth-order valence-electron chi connectivity index (χ4n) is 2.79. The molecule has 0 fully saturated rings. The van der Waals surface area contributed by atoms with Gasteiger partial charge in [-0.25, -0.2) is 0 Å². The predicted molar refractivity (Wildman–Crippen MR) is 112 cm³/mol. The minimum absolute atomic E-state index is 0.206. The van der Waals surface area contributed by atoms with E-state index in [0.29, 0.717) is 30.2 Å². The Kier molecular flexibility index (Phi) is 7.08. The Morgan fingerprint density at radius 2 is 1.64 bits per heavy atom. The van der Waals surface area contributed by atoms with E-state index < -0.39 is 0 Å². The molecular formula is C24H25NO3. The van der Waals surface area contributed by atoms with Crippen molar-refractivity contribution in [2.75, 3.05) is 18.5 Å². The van der Waals surface area contributed by atoms with E-state index in [1.807, 2.05) is 60.7 Å². The van der Waals surface area contributed by atoms with Gasteiger partial charge in [0, 0.05) is 18.2 Å². The number of amides is 1. The SMILES string of the molecule is CCCOc1cccc(NC(=O)c2ccccc2OCCc2ccccc2)c1. The molecule has 0 bridgehead atoms. The maximum Gasteiger partial charge on any atom is 0.259 e. The van der Waals surface area contributed by atoms with Gasteiger partial charge in [-0.2, -0.15) is 0 Å². The molecule has 1 amide bonds. The number of hydrogen-bond acceptors (Lipinski definition) is 3. The normalized spacial score (nSPS) is 10.3. The summed E-state index contributed by atoms with van der Waals surface area (Å²) < 4.78 is 11.5. The van der Waals surface area contributed by atoms with Crippen LogP contribution in [0.5, 0.6) is 11.5 Å². The Morgan fingerprint density at radius 1 is 0.857 bits per heavy atom. The molecule has 1 N–H and O–H groups in total. The van der Waals surface area contributed by atoms with Crippen molar-refractivity contribution in [1.29, 1.82) is 0 Å². The number of benzene rings is 3. The van der Waals surface area contributed by atoms with Crippen LogP contribution < -0.4 is 14.8 Å². The van der Waals surface area contributed by atoms with Crippen molar-refractivity contribution < 1.29 is 14.3 Å². The lowest BCUT2D eigenvalue weighted by Crippen LogP contribution is -2.14. The molecule has 3 rings (SSSR count). The van der Waals surface area contributed by atoms with E-state index in [4.69, 9.17) is 9.47 Å². The summed E-state index contributed by atoms with van der Waals surface area (Å²) >= 11 is 0. The smallest absolute Gasteiger partial charge is 0.259 e. The van der Waals surface area contributed by atoms with E-state index in [-0.39, 0.29) is 5.91 Å². The van der Waals surface area contributed by atoms with Crippen LogP contribution in [0.4, 0.5) is 5.69 Å². The quantitative estimate of drug-likeness (QED) is 0.548. The van der Waals surface area contributed by atoms with Gasteiger partial charge in [-0.05, 0) is 36.2 Å². The van der Waals surface area contributed by atoms with Crippen LogP contribution in [0.25, 0.3) is 0 Å². The van der Waals surface area contributed by atoms with E-state index >= 15 is 0 Å². The highest BCUT2D eigenvalue weighted by Crippen LogP contribution is 2.22. The molecule has 4 nitrogen and oxygen atoms in total. The van der Waals surface area contributed by atoms with Crippen molar-refractivity contribution in [3.63, 3.8) is 0 Å². The zero-order valence-corrected chi connectivity index (χ0v) is 16.1. The summed E-state index contributed by atoms with van der Waals surface area (Å²) in [4.78, 5) is 12.8. The lowest BCUT2D eigenvalue weighted by Gasteiger charge is -2.12. The Hall–Kier alpha value is -3.27. The molecule has 3 aromatic rings. The highest BCUT2D eigenvalue weighted by atomic mass is 16.5. The molecule has 28 heavy (non-hydrogen) atoms. The summed E-state index contributed by atoms with van der Waals surface area (Å²) in [7, 11) is 0. The molecule has 0 heterocycles. The highest BCUT2D eigenvalue weighted by molar-refractivity contribution is 6.06. The van der Waals surface area contributed by atoms with Crippen LogP contribution in [-0.2, 0) is 6.42 Å². The molecule has 0 aliphatic carbocycles. The number of carbonyl (C=O) groups excluding carboxylic acids is 1. The summed E-state index contributed by atoms with van der Waals surface area (Å²) in [5.41, 5.74) is 2.40. The van der Waals surface area contributed by atoms with Crippen LogP contribution in [0.3, 0.4) is 0 Å². The van der Waals surface area contributed by atoms with E-state index in [2.05, 4.69) is 24.4 Å². The number of para-hydroxylation sites is 1. The highest BCUT2D eigenvalue weighted by Gasteiger charge is 2.13. The van der Waals surface area contributed by atoms with Crippen molar-refractivity contribution >= 4 is 11.6 Å². The van der Waals surface area contributed by atoms with E-state index in [9.17, 15) is 4.79 Å². The van der Waals surface area contributed by atoms with E-state index in [1.54, 1.807) is 6.07 Å². The van der Waals surface area contributed by atoms with Gasteiger partial charge in [0.2, 0.25) is 0 Å². The molecule has 0 saturated carbocycles. The van der Waals surface area contributed by atoms with Gasteiger partial charge in [0.1, 0.15) is 11.5 Å². The van der Waals surface area contributed by atoms with Crippen LogP contribution >= 0.6 is 0 Å². The molecule has 0 atom stereocenters. The summed E-state index contributed by atoms with van der Waals surface area (Å²) in [6.07, 6.45) is 1.72. The van der Waals surface area contributed by atoms with Crippen LogP contribution in [0.1, 0.15) is 29.3 Å². The third-order valence-electron chi connectivity index (χ3n) is 4.19. The third kappa shape index (κ3) is 5.61. The van der Waals surface area contributed by atoms with Gasteiger partial charge in [0.05, 0.1) is 18.8 Å². The molecule has 0 saturated heterocycles. The fourth-order valence-corrected chi connectivity index (χ4v) is 2.79. The van der Waals surface area contributed by atoms with E-state index in [0.717, 1.165) is 18.6 Å². The second-order valence-corrected chi connectivity index (χ2v) is 6.41. The van der Waals surface area contributed by atoms with Gasteiger partial charge >= 0.3 is 0 Å². The van der Waals surface area contributed by atoms with Crippen molar-refractivity contribution in [2.45, 2.75) is 19.8 Å². The maximum atomic E-state index is 12.8. The van der Waals surface area contributed by atoms with Gasteiger partial charge in [-0.1, -0.05) is 55.5 Å². The van der Waals surface area contributed by atoms with Gasteiger partial charge < -0.3 is 14.8 Å². The number of hydrogen-bond donors (Lipinski definition) is 1. The van der Waals surface area contributed by atoms with Crippen molar-refractivity contribution in [3.8, 4) is 11.5 Å². The van der Waals surface area contributed by atoms with Crippen molar-refractivity contribution in [1.82, 2.24) is 0 Å². The Bertz CT molecular complexity index is 893. The number of anilines is 1. The summed E-state index contributed by atoms with van der Waals surface area (Å²) in [6.45, 7) is 3.21. The van der Waals surface area contributed by atoms with Gasteiger partial charge in [0.25, 0.3) is 5.91 Å². The third-order valence-corrected chi connectivity index (χ3v) is 4.19. The minimum Gasteiger partial charge on any atom is -0.494 e. The first-order chi connectivity index (χ1) is 13.8. The van der Waals surface area contributed by atoms with Crippen LogP contribution in [-0.4, -0.2) is 19.1 Å². The summed E-state index contributed by atoms with van der Waals surface area (Å²) in [5.74, 6) is 1.12. The van der Waals surface area contributed by atoms with Crippen LogP contribution in [0, 0.1) is 0 Å². The Balaban J connectivity index is 1.64. The topological polar surface area (TPSA) is 47.6 Å². The maximum absolute atomic E-state index is 12.8. The first-order valence-corrected chi connectivity index (χ1v) is 9.56. The first kappa shape index (κ1) is 19.5. The molecule has 0 unspecified atom stereocenters. The average molecular weight is 375 g/mol. The van der Waals surface area contributed by atoms with Crippen LogP contribution in [0.15, 0.2) is 78.9 Å². The molecule has 4 heteroatoms. The zero-order valence-electron chi connectivity index (χ0n) is 16.1. The Morgan fingerprint density at radius 3 is 2.46 bits per heavy atom. The standard InChI is InChI=1S/C24H25NO3/c1-2-16-27-21-12-8-11-20(18-21)25-24(26)22-13-6-7-14-23(22)28-17-15-19-9-4-3-5-10-19/h3-14,18H,2,15-17H2,1H3,(H,25,26). The molecule has 0 spiro atoms. The largest absolute Gasteiger partial charge is 0.494 e. The Labute approximate surface area is 166 Å². The summed E-state index contributed by atoms with van der Waals surface area (Å²) in [5, 5.41) is 2.92. The molecule has 144 valence electrons. The molecule has 0 radical (unpaired) electrons. The second kappa shape index (κ2) is 10.2. The number of ether oxygens (including phenoxy) is 2. The minimum atomic E-state index is -0.206. The monoisotopic (exact) mass is 375 g/mol. The predicted octanol–water partition coefficient (Wildman–Crippen LogP) is 5.35. The zero-order chi connectivity index (χ0) is 19.6. The molecule has 0 aliphatic rings. The molecule has 0 aliphatic heterocycles. The molecule has 3 aromatic carbocycles. The molecule has 0 aromatic heterocycles. The number of rotatable bonds is 9. The lowest BCUT2D eigenvalue weighted by molar-refractivity contribution is 0.102. The first-order valence-electron chi connectivity index (χ1n) is 9.56. The van der Waals surface area contributed by atoms with Crippen molar-refractivity contribution in [3.05, 3.63) is 90.0 Å². The van der Waals surface area contributed by atoms with Gasteiger partial charge in [-0.3, -0.25) is 4.79 Å². The van der Waals surface area contributed by atoms with Crippen LogP contribution in [0.2, 0.25) is 0 Å². The van der Waals surface area contributed by atoms with Gasteiger partial charge in [-0.15, -0.1) is 0 Å². The van der Waals surface area contributed by atoms with E-state index in [1.165, 1.54) is 5.56 Å². The average Bonchev–Trinajstić information content (AvgIpc) is 2.73. The summed E-state index contributed by atoms with van der Waals surface area (Å²) in [6, 6.07) is 24.8. The van der Waals surface area contributed by atoms with Gasteiger partial charge in [0.15, 0.2) is 0 Å². The fraction of sp³-hybridized carbons (Fsp3) is 0.208. The molecular weight excluding hydrogens is 350 g/mol. The number of carbonyl (C=O) groups is 1. The lowest BCUT2D eigenvalue weighted by atomic mass is 10.1. The number of nitrogens with one attached hydrogen (secondary N) is 1. The second-order valence-electron chi connectivity index (χ2n) is 6.41.